The van der Waals surface area contributed by atoms with Gasteiger partial charge in [-0.2, -0.15) is 0 Å². The van der Waals surface area contributed by atoms with Gasteiger partial charge in [0.1, 0.15) is 5.75 Å². The molecule has 1 aliphatic rings. The molecule has 132 valence electrons. The summed E-state index contributed by atoms with van der Waals surface area (Å²) in [7, 11) is 1.63. The molecule has 1 N–H and O–H groups in total. The van der Waals surface area contributed by atoms with E-state index in [4.69, 9.17) is 9.47 Å². The maximum absolute atomic E-state index is 12.2. The third kappa shape index (κ3) is 4.73. The Balaban J connectivity index is 1.56. The Bertz CT molecular complexity index is 698. The number of amides is 1. The number of methoxy groups -OCH3 is 1. The number of nitrogens with zero attached hydrogens (tertiary/aromatic N) is 1. The molecule has 0 spiro atoms. The van der Waals surface area contributed by atoms with E-state index < -0.39 is 0 Å². The number of morpholine rings is 1. The summed E-state index contributed by atoms with van der Waals surface area (Å²) < 4.78 is 10.7. The largest absolute Gasteiger partial charge is 0.497 e. The van der Waals surface area contributed by atoms with Crippen LogP contribution in [0.2, 0.25) is 0 Å². The fourth-order valence-corrected chi connectivity index (χ4v) is 2.94. The lowest BCUT2D eigenvalue weighted by Crippen LogP contribution is -2.41. The van der Waals surface area contributed by atoms with Gasteiger partial charge < -0.3 is 19.7 Å². The second-order valence-corrected chi connectivity index (χ2v) is 6.25. The Kier molecular flexibility index (Phi) is 5.56. The molecule has 3 rings (SSSR count). The zero-order valence-electron chi connectivity index (χ0n) is 14.7. The first kappa shape index (κ1) is 17.3. The summed E-state index contributed by atoms with van der Waals surface area (Å²) in [6, 6.07) is 15.5. The van der Waals surface area contributed by atoms with Crippen molar-refractivity contribution in [1.82, 2.24) is 0 Å². The quantitative estimate of drug-likeness (QED) is 0.909. The molecule has 0 radical (unpaired) electrons. The summed E-state index contributed by atoms with van der Waals surface area (Å²) in [4.78, 5) is 14.5. The van der Waals surface area contributed by atoms with Crippen molar-refractivity contribution >= 4 is 17.3 Å². The molecule has 1 saturated heterocycles. The number of ether oxygens (including phenoxy) is 2. The highest BCUT2D eigenvalue weighted by Gasteiger charge is 2.16. The number of hydrogen-bond acceptors (Lipinski definition) is 4. The van der Waals surface area contributed by atoms with Crippen LogP contribution in [0.5, 0.6) is 5.75 Å². The summed E-state index contributed by atoms with van der Waals surface area (Å²) in [5.41, 5.74) is 2.92. The molecule has 0 saturated carbocycles. The predicted molar refractivity (Wildman–Crippen MR) is 99.4 cm³/mol. The van der Waals surface area contributed by atoms with E-state index in [0.29, 0.717) is 6.42 Å². The van der Waals surface area contributed by atoms with E-state index in [1.807, 2.05) is 48.5 Å². The smallest absolute Gasteiger partial charge is 0.228 e. The van der Waals surface area contributed by atoms with E-state index >= 15 is 0 Å². The number of benzene rings is 2. The van der Waals surface area contributed by atoms with Crippen molar-refractivity contribution in [2.75, 3.05) is 37.0 Å². The minimum Gasteiger partial charge on any atom is -0.497 e. The van der Waals surface area contributed by atoms with Gasteiger partial charge in [-0.3, -0.25) is 4.79 Å². The van der Waals surface area contributed by atoms with E-state index in [2.05, 4.69) is 17.1 Å². The van der Waals surface area contributed by atoms with Gasteiger partial charge in [-0.15, -0.1) is 0 Å². The topological polar surface area (TPSA) is 50.8 Å². The fourth-order valence-electron chi connectivity index (χ4n) is 2.94. The van der Waals surface area contributed by atoms with E-state index in [9.17, 15) is 4.79 Å². The van der Waals surface area contributed by atoms with Crippen LogP contribution in [0.1, 0.15) is 12.5 Å². The van der Waals surface area contributed by atoms with Crippen molar-refractivity contribution < 1.29 is 14.3 Å². The molecule has 0 aliphatic carbocycles. The van der Waals surface area contributed by atoms with E-state index in [-0.39, 0.29) is 12.0 Å². The number of rotatable bonds is 5. The molecule has 1 fully saturated rings. The van der Waals surface area contributed by atoms with Crippen molar-refractivity contribution in [2.24, 2.45) is 0 Å². The number of nitrogens with one attached hydrogen (secondary N) is 1. The minimum absolute atomic E-state index is 0.0297. The lowest BCUT2D eigenvalue weighted by Gasteiger charge is -2.33. The van der Waals surface area contributed by atoms with Crippen LogP contribution in [0, 0.1) is 0 Å². The molecule has 5 nitrogen and oxygen atoms in total. The van der Waals surface area contributed by atoms with Gasteiger partial charge >= 0.3 is 0 Å². The number of anilines is 2. The van der Waals surface area contributed by atoms with Gasteiger partial charge in [0, 0.05) is 24.5 Å². The Hall–Kier alpha value is -2.53. The molecule has 0 aromatic heterocycles. The van der Waals surface area contributed by atoms with Crippen LogP contribution in [0.3, 0.4) is 0 Å². The van der Waals surface area contributed by atoms with Gasteiger partial charge in [-0.1, -0.05) is 12.1 Å². The Labute approximate surface area is 148 Å². The normalized spacial score (nSPS) is 17.2. The van der Waals surface area contributed by atoms with Gasteiger partial charge in [-0.25, -0.2) is 0 Å². The molecular weight excluding hydrogens is 316 g/mol. The van der Waals surface area contributed by atoms with Gasteiger partial charge in [-0.05, 0) is 48.9 Å². The number of carbonyl (C=O) groups is 1. The SMILES string of the molecule is COc1ccc(CC(=O)Nc2ccc(N3CCOC(C)C3)cc2)cc1. The van der Waals surface area contributed by atoms with Crippen molar-refractivity contribution in [3.05, 3.63) is 54.1 Å². The Morgan fingerprint density at radius 2 is 1.92 bits per heavy atom. The minimum atomic E-state index is -0.0297. The van der Waals surface area contributed by atoms with Gasteiger partial charge in [0.15, 0.2) is 0 Å². The van der Waals surface area contributed by atoms with Crippen LogP contribution in [-0.4, -0.2) is 38.8 Å². The lowest BCUT2D eigenvalue weighted by atomic mass is 10.1. The van der Waals surface area contributed by atoms with Gasteiger partial charge in [0.25, 0.3) is 0 Å². The second-order valence-electron chi connectivity index (χ2n) is 6.25. The van der Waals surface area contributed by atoms with Crippen LogP contribution in [-0.2, 0) is 16.0 Å². The molecule has 1 aliphatic heterocycles. The van der Waals surface area contributed by atoms with Crippen molar-refractivity contribution in [3.63, 3.8) is 0 Å². The molecule has 2 aromatic rings. The molecule has 0 bridgehead atoms. The first-order valence-electron chi connectivity index (χ1n) is 8.53. The summed E-state index contributed by atoms with van der Waals surface area (Å²) in [5.74, 6) is 0.759. The summed E-state index contributed by atoms with van der Waals surface area (Å²) in [5, 5.41) is 2.94. The summed E-state index contributed by atoms with van der Waals surface area (Å²) in [6.07, 6.45) is 0.588. The van der Waals surface area contributed by atoms with Gasteiger partial charge in [0.2, 0.25) is 5.91 Å². The first-order chi connectivity index (χ1) is 12.1. The maximum atomic E-state index is 12.2. The monoisotopic (exact) mass is 340 g/mol. The average Bonchev–Trinajstić information content (AvgIpc) is 2.63. The zero-order valence-corrected chi connectivity index (χ0v) is 14.7. The maximum Gasteiger partial charge on any atom is 0.228 e. The molecule has 1 amide bonds. The van der Waals surface area contributed by atoms with Crippen molar-refractivity contribution in [3.8, 4) is 5.75 Å². The van der Waals surface area contributed by atoms with E-state index in [1.165, 1.54) is 0 Å². The number of hydrogen-bond donors (Lipinski definition) is 1. The standard InChI is InChI=1S/C20H24N2O3/c1-15-14-22(11-12-25-15)18-7-5-17(6-8-18)21-20(23)13-16-3-9-19(24-2)10-4-16/h3-10,15H,11-14H2,1-2H3,(H,21,23). The highest BCUT2D eigenvalue weighted by atomic mass is 16.5. The first-order valence-corrected chi connectivity index (χ1v) is 8.53. The average molecular weight is 340 g/mol. The molecule has 1 unspecified atom stereocenters. The Morgan fingerprint density at radius 1 is 1.20 bits per heavy atom. The molecule has 2 aromatic carbocycles. The second kappa shape index (κ2) is 8.03. The van der Waals surface area contributed by atoms with Crippen LogP contribution < -0.4 is 15.0 Å². The summed E-state index contributed by atoms with van der Waals surface area (Å²) >= 11 is 0. The molecule has 5 heteroatoms. The highest BCUT2D eigenvalue weighted by Crippen LogP contribution is 2.20. The Morgan fingerprint density at radius 3 is 2.56 bits per heavy atom. The summed E-state index contributed by atoms with van der Waals surface area (Å²) in [6.45, 7) is 4.62. The third-order valence-electron chi connectivity index (χ3n) is 4.28. The fraction of sp³-hybridized carbons (Fsp3) is 0.350. The number of carbonyl (C=O) groups excluding carboxylic acids is 1. The van der Waals surface area contributed by atoms with E-state index in [0.717, 1.165) is 42.4 Å². The van der Waals surface area contributed by atoms with Crippen molar-refractivity contribution in [1.29, 1.82) is 0 Å². The van der Waals surface area contributed by atoms with Gasteiger partial charge in [0.05, 0.1) is 26.2 Å². The highest BCUT2D eigenvalue weighted by molar-refractivity contribution is 5.92. The molecule has 25 heavy (non-hydrogen) atoms. The van der Waals surface area contributed by atoms with Crippen LogP contribution >= 0.6 is 0 Å². The van der Waals surface area contributed by atoms with Crippen LogP contribution in [0.15, 0.2) is 48.5 Å². The van der Waals surface area contributed by atoms with Crippen LogP contribution in [0.25, 0.3) is 0 Å². The molecule has 1 atom stereocenters. The van der Waals surface area contributed by atoms with Crippen molar-refractivity contribution in [2.45, 2.75) is 19.4 Å². The zero-order chi connectivity index (χ0) is 17.6. The third-order valence-corrected chi connectivity index (χ3v) is 4.28. The lowest BCUT2D eigenvalue weighted by molar-refractivity contribution is -0.115. The predicted octanol–water partition coefficient (Wildman–Crippen LogP) is 3.10. The molecular formula is C20H24N2O3. The molecule has 1 heterocycles. The van der Waals surface area contributed by atoms with Crippen LogP contribution in [0.4, 0.5) is 11.4 Å². The van der Waals surface area contributed by atoms with E-state index in [1.54, 1.807) is 7.11 Å².